The summed E-state index contributed by atoms with van der Waals surface area (Å²) in [5.41, 5.74) is 0. The van der Waals surface area contributed by atoms with Crippen molar-refractivity contribution in [1.29, 1.82) is 0 Å². The van der Waals surface area contributed by atoms with Gasteiger partial charge in [0.25, 0.3) is 0 Å². The number of nitrogens with zero attached hydrogens (tertiary/aromatic N) is 2. The summed E-state index contributed by atoms with van der Waals surface area (Å²) in [7, 11) is 0. The zero-order chi connectivity index (χ0) is 11.8. The Bertz CT molecular complexity index is 322. The molecule has 0 fully saturated rings. The summed E-state index contributed by atoms with van der Waals surface area (Å²) < 4.78 is 0.907. The van der Waals surface area contributed by atoms with Crippen LogP contribution in [0.3, 0.4) is 0 Å². The minimum Gasteiger partial charge on any atom is -0.369 e. The van der Waals surface area contributed by atoms with Gasteiger partial charge in [-0.15, -0.1) is 0 Å². The van der Waals surface area contributed by atoms with Crippen molar-refractivity contribution in [3.05, 3.63) is 10.8 Å². The van der Waals surface area contributed by atoms with E-state index in [0.717, 1.165) is 41.4 Å². The Labute approximate surface area is 109 Å². The minimum absolute atomic E-state index is 0.850. The molecule has 0 saturated carbocycles. The lowest BCUT2D eigenvalue weighted by molar-refractivity contribution is 0.961. The van der Waals surface area contributed by atoms with Crippen LogP contribution in [0.5, 0.6) is 0 Å². The van der Waals surface area contributed by atoms with Gasteiger partial charge in [0.1, 0.15) is 22.4 Å². The van der Waals surface area contributed by atoms with Gasteiger partial charge in [0.15, 0.2) is 0 Å². The fourth-order valence-corrected chi connectivity index (χ4v) is 1.92. The zero-order valence-electron chi connectivity index (χ0n) is 9.59. The molecule has 1 aromatic rings. The van der Waals surface area contributed by atoms with Crippen molar-refractivity contribution in [2.45, 2.75) is 13.3 Å². The van der Waals surface area contributed by atoms with Crippen LogP contribution in [0, 0.1) is 0 Å². The highest BCUT2D eigenvalue weighted by Crippen LogP contribution is 2.26. The summed E-state index contributed by atoms with van der Waals surface area (Å²) >= 11 is 5.31. The summed E-state index contributed by atoms with van der Waals surface area (Å²) in [4.78, 5) is 8.39. The van der Waals surface area contributed by atoms with Crippen LogP contribution >= 0.6 is 27.7 Å². The molecule has 6 heteroatoms. The minimum atomic E-state index is 0.850. The third kappa shape index (κ3) is 4.17. The van der Waals surface area contributed by atoms with E-state index in [-0.39, 0.29) is 0 Å². The highest BCUT2D eigenvalue weighted by Gasteiger charge is 2.06. The molecule has 2 N–H and O–H groups in total. The first-order valence-electron chi connectivity index (χ1n) is 5.26. The van der Waals surface area contributed by atoms with Gasteiger partial charge in [-0.3, -0.25) is 0 Å². The second-order valence-corrected chi connectivity index (χ2v) is 5.01. The molecule has 0 spiro atoms. The molecule has 0 unspecified atom stereocenters. The molecule has 0 atom stereocenters. The monoisotopic (exact) mass is 304 g/mol. The van der Waals surface area contributed by atoms with E-state index in [1.807, 2.05) is 11.8 Å². The first-order chi connectivity index (χ1) is 7.79. The SMILES string of the molecule is CCCNc1ncnc(NCCSC)c1Br. The van der Waals surface area contributed by atoms with Crippen molar-refractivity contribution >= 4 is 39.3 Å². The normalized spacial score (nSPS) is 10.2. The van der Waals surface area contributed by atoms with Gasteiger partial charge >= 0.3 is 0 Å². The number of hydrogen-bond donors (Lipinski definition) is 2. The van der Waals surface area contributed by atoms with Gasteiger partial charge in [0, 0.05) is 18.8 Å². The third-order valence-electron chi connectivity index (χ3n) is 1.93. The fraction of sp³-hybridized carbons (Fsp3) is 0.600. The van der Waals surface area contributed by atoms with Crippen molar-refractivity contribution in [3.8, 4) is 0 Å². The van der Waals surface area contributed by atoms with E-state index >= 15 is 0 Å². The number of hydrogen-bond acceptors (Lipinski definition) is 5. The molecule has 0 aromatic carbocycles. The number of anilines is 2. The third-order valence-corrected chi connectivity index (χ3v) is 3.29. The molecular formula is C10H17BrN4S. The van der Waals surface area contributed by atoms with Crippen molar-refractivity contribution < 1.29 is 0 Å². The van der Waals surface area contributed by atoms with Crippen LogP contribution < -0.4 is 10.6 Å². The van der Waals surface area contributed by atoms with Gasteiger partial charge in [-0.2, -0.15) is 11.8 Å². The van der Waals surface area contributed by atoms with Gasteiger partial charge in [-0.05, 0) is 28.6 Å². The highest BCUT2D eigenvalue weighted by atomic mass is 79.9. The number of rotatable bonds is 7. The molecule has 4 nitrogen and oxygen atoms in total. The van der Waals surface area contributed by atoms with Crippen LogP contribution in [0.15, 0.2) is 10.8 Å². The summed E-state index contributed by atoms with van der Waals surface area (Å²) in [6, 6.07) is 0. The largest absolute Gasteiger partial charge is 0.369 e. The molecule has 0 saturated heterocycles. The van der Waals surface area contributed by atoms with Gasteiger partial charge in [0.05, 0.1) is 0 Å². The highest BCUT2D eigenvalue weighted by molar-refractivity contribution is 9.10. The Balaban J connectivity index is 2.62. The Kier molecular flexibility index (Phi) is 6.56. The molecular weight excluding hydrogens is 288 g/mol. The van der Waals surface area contributed by atoms with Crippen LogP contribution in [0.1, 0.15) is 13.3 Å². The van der Waals surface area contributed by atoms with Gasteiger partial charge in [0.2, 0.25) is 0 Å². The van der Waals surface area contributed by atoms with Crippen molar-refractivity contribution in [2.75, 3.05) is 35.7 Å². The number of aromatic nitrogens is 2. The number of halogens is 1. The lowest BCUT2D eigenvalue weighted by atomic mass is 10.4. The van der Waals surface area contributed by atoms with Gasteiger partial charge < -0.3 is 10.6 Å². The molecule has 1 rings (SSSR count). The van der Waals surface area contributed by atoms with Crippen LogP contribution in [-0.2, 0) is 0 Å². The molecule has 0 radical (unpaired) electrons. The van der Waals surface area contributed by atoms with E-state index in [9.17, 15) is 0 Å². The van der Waals surface area contributed by atoms with Crippen molar-refractivity contribution in [3.63, 3.8) is 0 Å². The maximum Gasteiger partial charge on any atom is 0.145 e. The maximum atomic E-state index is 4.20. The van der Waals surface area contributed by atoms with E-state index < -0.39 is 0 Å². The summed E-state index contributed by atoms with van der Waals surface area (Å²) in [5, 5.41) is 6.52. The summed E-state index contributed by atoms with van der Waals surface area (Å²) in [6.45, 7) is 3.95. The quantitative estimate of drug-likeness (QED) is 0.759. The second kappa shape index (κ2) is 7.73. The average molecular weight is 305 g/mol. The molecule has 0 aliphatic carbocycles. The van der Waals surface area contributed by atoms with E-state index in [1.165, 1.54) is 0 Å². The van der Waals surface area contributed by atoms with Crippen LogP contribution in [0.4, 0.5) is 11.6 Å². The van der Waals surface area contributed by atoms with E-state index in [1.54, 1.807) is 6.33 Å². The number of nitrogens with one attached hydrogen (secondary N) is 2. The first kappa shape index (κ1) is 13.6. The maximum absolute atomic E-state index is 4.20. The second-order valence-electron chi connectivity index (χ2n) is 3.23. The molecule has 1 heterocycles. The summed E-state index contributed by atoms with van der Waals surface area (Å²) in [6.07, 6.45) is 4.74. The van der Waals surface area contributed by atoms with Gasteiger partial charge in [-0.1, -0.05) is 6.92 Å². The van der Waals surface area contributed by atoms with Crippen LogP contribution in [0.25, 0.3) is 0 Å². The Morgan fingerprint density at radius 2 is 1.88 bits per heavy atom. The lowest BCUT2D eigenvalue weighted by Crippen LogP contribution is -2.09. The molecule has 0 aliphatic heterocycles. The zero-order valence-corrected chi connectivity index (χ0v) is 12.0. The van der Waals surface area contributed by atoms with Crippen LogP contribution in [0.2, 0.25) is 0 Å². The Hall–Kier alpha value is -0.490. The smallest absolute Gasteiger partial charge is 0.145 e. The van der Waals surface area contributed by atoms with E-state index in [0.29, 0.717) is 0 Å². The molecule has 0 bridgehead atoms. The Morgan fingerprint density at radius 1 is 1.25 bits per heavy atom. The predicted molar refractivity (Wildman–Crippen MR) is 75.4 cm³/mol. The first-order valence-corrected chi connectivity index (χ1v) is 7.45. The predicted octanol–water partition coefficient (Wildman–Crippen LogP) is 2.84. The number of thioether (sulfide) groups is 1. The molecule has 1 aromatic heterocycles. The van der Waals surface area contributed by atoms with Crippen molar-refractivity contribution in [1.82, 2.24) is 9.97 Å². The molecule has 16 heavy (non-hydrogen) atoms. The standard InChI is InChI=1S/C10H17BrN4S/c1-3-4-12-9-8(11)10(15-7-14-9)13-5-6-16-2/h7H,3-6H2,1-2H3,(H2,12,13,14,15). The molecule has 90 valence electrons. The fourth-order valence-electron chi connectivity index (χ4n) is 1.13. The van der Waals surface area contributed by atoms with Crippen LogP contribution in [-0.4, -0.2) is 35.1 Å². The topological polar surface area (TPSA) is 49.8 Å². The molecule has 0 amide bonds. The summed E-state index contributed by atoms with van der Waals surface area (Å²) in [5.74, 6) is 2.76. The van der Waals surface area contributed by atoms with Crippen molar-refractivity contribution in [2.24, 2.45) is 0 Å². The Morgan fingerprint density at radius 3 is 2.44 bits per heavy atom. The van der Waals surface area contributed by atoms with E-state index in [2.05, 4.69) is 49.7 Å². The molecule has 0 aliphatic rings. The van der Waals surface area contributed by atoms with E-state index in [4.69, 9.17) is 0 Å². The average Bonchev–Trinajstić information content (AvgIpc) is 2.30. The lowest BCUT2D eigenvalue weighted by Gasteiger charge is -2.10. The van der Waals surface area contributed by atoms with Gasteiger partial charge in [-0.25, -0.2) is 9.97 Å².